The number of piperidine rings is 1. The average molecular weight is 371 g/mol. The second-order valence-corrected chi connectivity index (χ2v) is 8.49. The van der Waals surface area contributed by atoms with Crippen molar-refractivity contribution in [3.05, 3.63) is 28.3 Å². The Labute approximate surface area is 148 Å². The summed E-state index contributed by atoms with van der Waals surface area (Å²) in [5, 5.41) is 14.4. The van der Waals surface area contributed by atoms with Gasteiger partial charge in [0.1, 0.15) is 5.69 Å². The summed E-state index contributed by atoms with van der Waals surface area (Å²) in [6.07, 6.45) is 1.79. The number of ether oxygens (including phenoxy) is 1. The van der Waals surface area contributed by atoms with E-state index in [1.54, 1.807) is 7.11 Å². The largest absolute Gasteiger partial charge is 0.383 e. The second-order valence-electron chi connectivity index (χ2n) is 6.55. The van der Waals surface area contributed by atoms with Crippen molar-refractivity contribution >= 4 is 21.4 Å². The van der Waals surface area contributed by atoms with Crippen molar-refractivity contribution < 1.29 is 18.1 Å². The molecule has 0 radical (unpaired) electrons. The number of rotatable bonds is 7. The maximum Gasteiger partial charge on any atom is 0.293 e. The zero-order valence-corrected chi connectivity index (χ0v) is 15.6. The first-order chi connectivity index (χ1) is 11.8. The van der Waals surface area contributed by atoms with Crippen LogP contribution >= 0.6 is 0 Å². The molecule has 0 aliphatic carbocycles. The predicted molar refractivity (Wildman–Crippen MR) is 95.2 cm³/mol. The van der Waals surface area contributed by atoms with Crippen LogP contribution in [0.5, 0.6) is 0 Å². The number of nitro groups is 1. The van der Waals surface area contributed by atoms with Crippen LogP contribution in [0.15, 0.2) is 23.1 Å². The molecule has 1 heterocycles. The molecule has 0 amide bonds. The fourth-order valence-corrected chi connectivity index (χ4v) is 4.63. The Kier molecular flexibility index (Phi) is 6.36. The summed E-state index contributed by atoms with van der Waals surface area (Å²) < 4.78 is 32.0. The van der Waals surface area contributed by atoms with E-state index in [-0.39, 0.29) is 28.2 Å². The number of hydrogen-bond acceptors (Lipinski definition) is 6. The highest BCUT2D eigenvalue weighted by Crippen LogP contribution is 2.31. The number of methoxy groups -OCH3 is 1. The summed E-state index contributed by atoms with van der Waals surface area (Å²) in [6, 6.07) is 3.86. The molecule has 1 fully saturated rings. The molecule has 1 aliphatic rings. The molecular weight excluding hydrogens is 346 g/mol. The lowest BCUT2D eigenvalue weighted by molar-refractivity contribution is -0.384. The first-order valence-corrected chi connectivity index (χ1v) is 9.73. The fraction of sp³-hybridized carbons (Fsp3) is 0.625. The number of sulfonamides is 1. The SMILES string of the molecule is COC[C@H](C)Nc1ccc(S(=O)(=O)N2CCC[C@@H](C)C2)cc1[N+](=O)[O-]. The monoisotopic (exact) mass is 371 g/mol. The van der Waals surface area contributed by atoms with Gasteiger partial charge in [-0.25, -0.2) is 8.42 Å². The summed E-state index contributed by atoms with van der Waals surface area (Å²) in [5.74, 6) is 0.286. The van der Waals surface area contributed by atoms with E-state index in [2.05, 4.69) is 5.32 Å². The fourth-order valence-electron chi connectivity index (χ4n) is 3.02. The molecule has 1 aliphatic heterocycles. The molecule has 0 aromatic heterocycles. The lowest BCUT2D eigenvalue weighted by Crippen LogP contribution is -2.39. The van der Waals surface area contributed by atoms with Gasteiger partial charge in [0, 0.05) is 32.3 Å². The Morgan fingerprint density at radius 3 is 2.80 bits per heavy atom. The van der Waals surface area contributed by atoms with Crippen molar-refractivity contribution in [2.24, 2.45) is 5.92 Å². The van der Waals surface area contributed by atoms with Crippen molar-refractivity contribution in [1.29, 1.82) is 0 Å². The van der Waals surface area contributed by atoms with Gasteiger partial charge in [-0.3, -0.25) is 10.1 Å². The molecule has 0 unspecified atom stereocenters. The molecule has 2 rings (SSSR count). The molecule has 25 heavy (non-hydrogen) atoms. The van der Waals surface area contributed by atoms with Crippen LogP contribution in [0.4, 0.5) is 11.4 Å². The van der Waals surface area contributed by atoms with Gasteiger partial charge in [-0.15, -0.1) is 0 Å². The predicted octanol–water partition coefficient (Wildman–Crippen LogP) is 2.46. The molecule has 1 aromatic carbocycles. The Bertz CT molecular complexity index is 722. The van der Waals surface area contributed by atoms with Crippen molar-refractivity contribution in [2.45, 2.75) is 37.6 Å². The average Bonchev–Trinajstić information content (AvgIpc) is 2.55. The third kappa shape index (κ3) is 4.68. The molecule has 0 bridgehead atoms. The van der Waals surface area contributed by atoms with Gasteiger partial charge >= 0.3 is 0 Å². The standard InChI is InChI=1S/C16H25N3O5S/c1-12-5-4-8-18(10-12)25(22,23)14-6-7-15(16(9-14)19(20)21)17-13(2)11-24-3/h6-7,9,12-13,17H,4-5,8,10-11H2,1-3H3/t12-,13+/m1/s1. The Balaban J connectivity index is 2.33. The van der Waals surface area contributed by atoms with Crippen LogP contribution in [0.3, 0.4) is 0 Å². The molecular formula is C16H25N3O5S. The van der Waals surface area contributed by atoms with E-state index in [0.29, 0.717) is 19.7 Å². The first-order valence-electron chi connectivity index (χ1n) is 8.29. The van der Waals surface area contributed by atoms with Crippen molar-refractivity contribution in [3.8, 4) is 0 Å². The van der Waals surface area contributed by atoms with Gasteiger partial charge in [-0.2, -0.15) is 4.31 Å². The van der Waals surface area contributed by atoms with E-state index >= 15 is 0 Å². The number of nitrogens with zero attached hydrogens (tertiary/aromatic N) is 2. The molecule has 1 aromatic rings. The molecule has 0 spiro atoms. The maximum atomic E-state index is 12.8. The summed E-state index contributed by atoms with van der Waals surface area (Å²) in [7, 11) is -2.19. The zero-order chi connectivity index (χ0) is 18.6. The third-order valence-corrected chi connectivity index (χ3v) is 6.10. The molecule has 1 saturated heterocycles. The highest BCUT2D eigenvalue weighted by molar-refractivity contribution is 7.89. The molecule has 140 valence electrons. The van der Waals surface area contributed by atoms with Crippen LogP contribution in [0.2, 0.25) is 0 Å². The van der Waals surface area contributed by atoms with E-state index in [4.69, 9.17) is 4.74 Å². The molecule has 8 nitrogen and oxygen atoms in total. The zero-order valence-electron chi connectivity index (χ0n) is 14.8. The van der Waals surface area contributed by atoms with Crippen molar-refractivity contribution in [2.75, 3.05) is 32.1 Å². The number of nitro benzene ring substituents is 1. The van der Waals surface area contributed by atoms with Gasteiger partial charge in [0.15, 0.2) is 0 Å². The van der Waals surface area contributed by atoms with Crippen LogP contribution < -0.4 is 5.32 Å². The summed E-state index contributed by atoms with van der Waals surface area (Å²) in [6.45, 7) is 5.11. The van der Waals surface area contributed by atoms with Gasteiger partial charge in [0.2, 0.25) is 10.0 Å². The number of nitrogens with one attached hydrogen (secondary N) is 1. The Morgan fingerprint density at radius 1 is 1.48 bits per heavy atom. The molecule has 9 heteroatoms. The summed E-state index contributed by atoms with van der Waals surface area (Å²) >= 11 is 0. The molecule has 2 atom stereocenters. The lowest BCUT2D eigenvalue weighted by atomic mass is 10.0. The van der Waals surface area contributed by atoms with Crippen LogP contribution in [0.25, 0.3) is 0 Å². The lowest BCUT2D eigenvalue weighted by Gasteiger charge is -2.30. The maximum absolute atomic E-state index is 12.8. The first kappa shape index (κ1) is 19.6. The minimum absolute atomic E-state index is 0.0433. The van der Waals surface area contributed by atoms with E-state index in [1.807, 2.05) is 13.8 Å². The van der Waals surface area contributed by atoms with Gasteiger partial charge in [0.25, 0.3) is 5.69 Å². The van der Waals surface area contributed by atoms with E-state index in [0.717, 1.165) is 18.9 Å². The van der Waals surface area contributed by atoms with Gasteiger partial charge in [0.05, 0.1) is 16.4 Å². The van der Waals surface area contributed by atoms with Crippen molar-refractivity contribution in [1.82, 2.24) is 4.31 Å². The van der Waals surface area contributed by atoms with Crippen LogP contribution in [-0.2, 0) is 14.8 Å². The Hall–Kier alpha value is -1.71. The van der Waals surface area contributed by atoms with Crippen molar-refractivity contribution in [3.63, 3.8) is 0 Å². The highest BCUT2D eigenvalue weighted by atomic mass is 32.2. The normalized spacial score (nSPS) is 20.2. The van der Waals surface area contributed by atoms with E-state index in [1.165, 1.54) is 16.4 Å². The minimum atomic E-state index is -3.73. The summed E-state index contributed by atoms with van der Waals surface area (Å²) in [5.41, 5.74) is 0.0228. The van der Waals surface area contributed by atoms with E-state index < -0.39 is 14.9 Å². The second kappa shape index (κ2) is 8.11. The minimum Gasteiger partial charge on any atom is -0.383 e. The molecule has 0 saturated carbocycles. The number of anilines is 1. The smallest absolute Gasteiger partial charge is 0.293 e. The third-order valence-electron chi connectivity index (χ3n) is 4.24. The number of hydrogen-bond donors (Lipinski definition) is 1. The number of benzene rings is 1. The summed E-state index contributed by atoms with van der Waals surface area (Å²) in [4.78, 5) is 10.8. The van der Waals surface area contributed by atoms with Gasteiger partial charge < -0.3 is 10.1 Å². The quantitative estimate of drug-likeness (QED) is 0.583. The van der Waals surface area contributed by atoms with Crippen LogP contribution in [0.1, 0.15) is 26.7 Å². The van der Waals surface area contributed by atoms with Gasteiger partial charge in [-0.1, -0.05) is 6.92 Å². The van der Waals surface area contributed by atoms with Crippen LogP contribution in [-0.4, -0.2) is 50.5 Å². The molecule has 1 N–H and O–H groups in total. The highest BCUT2D eigenvalue weighted by Gasteiger charge is 2.30. The topological polar surface area (TPSA) is 102 Å². The Morgan fingerprint density at radius 2 is 2.20 bits per heavy atom. The van der Waals surface area contributed by atoms with E-state index in [9.17, 15) is 18.5 Å². The van der Waals surface area contributed by atoms with Gasteiger partial charge in [-0.05, 0) is 37.8 Å². The van der Waals surface area contributed by atoms with Crippen LogP contribution in [0, 0.1) is 16.0 Å².